The van der Waals surface area contributed by atoms with Crippen LogP contribution in [0, 0.1) is 12.7 Å². The molecule has 0 spiro atoms. The first kappa shape index (κ1) is 15.9. The molecule has 1 aliphatic rings. The van der Waals surface area contributed by atoms with Gasteiger partial charge in [0, 0.05) is 18.7 Å². The number of halogens is 1. The van der Waals surface area contributed by atoms with E-state index in [2.05, 4.69) is 0 Å². The summed E-state index contributed by atoms with van der Waals surface area (Å²) in [5, 5.41) is 5.08. The molecule has 0 aromatic heterocycles. The van der Waals surface area contributed by atoms with E-state index in [1.165, 1.54) is 6.92 Å². The minimum absolute atomic E-state index is 0.0703. The van der Waals surface area contributed by atoms with Crippen molar-refractivity contribution in [3.8, 4) is 0 Å². The molecule has 21 heavy (non-hydrogen) atoms. The molecule has 0 unspecified atom stereocenters. The van der Waals surface area contributed by atoms with Crippen molar-refractivity contribution >= 4 is 15.9 Å². The predicted octanol–water partition coefficient (Wildman–Crippen LogP) is 1.80. The van der Waals surface area contributed by atoms with E-state index in [0.29, 0.717) is 13.1 Å². The molecule has 1 aromatic rings. The van der Waals surface area contributed by atoms with E-state index in [-0.39, 0.29) is 21.9 Å². The Morgan fingerprint density at radius 3 is 2.29 bits per heavy atom. The lowest BCUT2D eigenvalue weighted by atomic mass is 10.1. The molecule has 1 saturated heterocycles. The molecule has 1 amide bonds. The molecule has 2 rings (SSSR count). The van der Waals surface area contributed by atoms with Crippen LogP contribution in [0.3, 0.4) is 0 Å². The van der Waals surface area contributed by atoms with Gasteiger partial charge in [-0.15, -0.1) is 0 Å². The monoisotopic (exact) mass is 314 g/mol. The van der Waals surface area contributed by atoms with Crippen LogP contribution in [-0.4, -0.2) is 32.3 Å². The molecule has 7 heteroatoms. The quantitative estimate of drug-likeness (QED) is 0.904. The second kappa shape index (κ2) is 6.11. The minimum atomic E-state index is -4.06. The molecule has 0 radical (unpaired) electrons. The Morgan fingerprint density at radius 1 is 1.19 bits per heavy atom. The molecule has 116 valence electrons. The van der Waals surface area contributed by atoms with E-state index < -0.39 is 15.8 Å². The number of carbonyl (C=O) groups excluding carboxylic acids is 1. The van der Waals surface area contributed by atoms with Gasteiger partial charge in [-0.3, -0.25) is 4.79 Å². The van der Waals surface area contributed by atoms with E-state index in [1.807, 2.05) is 0 Å². The highest BCUT2D eigenvalue weighted by molar-refractivity contribution is 7.89. The van der Waals surface area contributed by atoms with Gasteiger partial charge in [-0.25, -0.2) is 17.9 Å². The van der Waals surface area contributed by atoms with Gasteiger partial charge in [-0.05, 0) is 37.5 Å². The highest BCUT2D eigenvalue weighted by Gasteiger charge is 2.24. The summed E-state index contributed by atoms with van der Waals surface area (Å²) in [5.74, 6) is -1.11. The van der Waals surface area contributed by atoms with Gasteiger partial charge in [-0.2, -0.15) is 0 Å². The Morgan fingerprint density at radius 2 is 1.76 bits per heavy atom. The zero-order valence-corrected chi connectivity index (χ0v) is 12.7. The van der Waals surface area contributed by atoms with Crippen molar-refractivity contribution in [3.05, 3.63) is 29.1 Å². The summed E-state index contributed by atoms with van der Waals surface area (Å²) in [4.78, 5) is 13.9. The number of nitrogens with two attached hydrogens (primary N) is 1. The molecule has 5 nitrogen and oxygen atoms in total. The number of benzene rings is 1. The highest BCUT2D eigenvalue weighted by atomic mass is 32.2. The van der Waals surface area contributed by atoms with Gasteiger partial charge >= 0.3 is 0 Å². The lowest BCUT2D eigenvalue weighted by Crippen LogP contribution is -2.32. The van der Waals surface area contributed by atoms with Crippen molar-refractivity contribution in [2.45, 2.75) is 37.5 Å². The molecular weight excluding hydrogens is 295 g/mol. The number of rotatable bonds is 2. The number of sulfonamides is 1. The van der Waals surface area contributed by atoms with Gasteiger partial charge < -0.3 is 4.90 Å². The average Bonchev–Trinajstić information content (AvgIpc) is 2.68. The number of hydrogen-bond acceptors (Lipinski definition) is 3. The van der Waals surface area contributed by atoms with Crippen molar-refractivity contribution in [1.29, 1.82) is 0 Å². The van der Waals surface area contributed by atoms with Crippen LogP contribution in [-0.2, 0) is 10.0 Å². The Hall–Kier alpha value is -1.47. The fourth-order valence-corrected chi connectivity index (χ4v) is 3.43. The van der Waals surface area contributed by atoms with Gasteiger partial charge in [0.15, 0.2) is 0 Å². The van der Waals surface area contributed by atoms with Crippen LogP contribution < -0.4 is 5.14 Å². The van der Waals surface area contributed by atoms with Crippen LogP contribution in [0.1, 0.15) is 41.6 Å². The molecule has 0 atom stereocenters. The normalized spacial score (nSPS) is 16.6. The SMILES string of the molecule is Cc1c(C(=O)N2CCCCCC2)cc(F)cc1S(N)(=O)=O. The standard InChI is InChI=1S/C14H19FN2O3S/c1-10-12(8-11(15)9-13(10)21(16,19)20)14(18)17-6-4-2-3-5-7-17/h8-9H,2-7H2,1H3,(H2,16,19,20). The molecule has 1 aliphatic heterocycles. The number of carbonyl (C=O) groups is 1. The Bertz CT molecular complexity index is 650. The van der Waals surface area contributed by atoms with Crippen molar-refractivity contribution in [1.82, 2.24) is 4.90 Å². The predicted molar refractivity (Wildman–Crippen MR) is 76.9 cm³/mol. The molecule has 1 aromatic carbocycles. The smallest absolute Gasteiger partial charge is 0.254 e. The molecular formula is C14H19FN2O3S. The summed E-state index contributed by atoms with van der Waals surface area (Å²) in [6.07, 6.45) is 3.94. The Labute approximate surface area is 124 Å². The van der Waals surface area contributed by atoms with E-state index in [1.54, 1.807) is 4.90 Å². The third-order valence-electron chi connectivity index (χ3n) is 3.76. The van der Waals surface area contributed by atoms with Gasteiger partial charge in [-0.1, -0.05) is 12.8 Å². The lowest BCUT2D eigenvalue weighted by Gasteiger charge is -2.22. The van der Waals surface area contributed by atoms with E-state index >= 15 is 0 Å². The van der Waals surface area contributed by atoms with Crippen LogP contribution in [0.25, 0.3) is 0 Å². The zero-order valence-electron chi connectivity index (χ0n) is 11.9. The first-order chi connectivity index (χ1) is 9.80. The van der Waals surface area contributed by atoms with Crippen molar-refractivity contribution in [3.63, 3.8) is 0 Å². The first-order valence-electron chi connectivity index (χ1n) is 6.93. The van der Waals surface area contributed by atoms with E-state index in [0.717, 1.165) is 37.8 Å². The second-order valence-electron chi connectivity index (χ2n) is 5.33. The van der Waals surface area contributed by atoms with E-state index in [9.17, 15) is 17.6 Å². The van der Waals surface area contributed by atoms with Crippen LogP contribution in [0.5, 0.6) is 0 Å². The van der Waals surface area contributed by atoms with Crippen molar-refractivity contribution in [2.75, 3.05) is 13.1 Å². The summed E-state index contributed by atoms with van der Waals surface area (Å²) in [5.41, 5.74) is 0.272. The molecule has 1 heterocycles. The number of amides is 1. The third-order valence-corrected chi connectivity index (χ3v) is 4.79. The van der Waals surface area contributed by atoms with Crippen LogP contribution in [0.15, 0.2) is 17.0 Å². The fourth-order valence-electron chi connectivity index (χ4n) is 2.62. The maximum Gasteiger partial charge on any atom is 0.254 e. The average molecular weight is 314 g/mol. The summed E-state index contributed by atoms with van der Waals surface area (Å²) >= 11 is 0. The number of hydrogen-bond donors (Lipinski definition) is 1. The van der Waals surface area contributed by atoms with Gasteiger partial charge in [0.05, 0.1) is 4.90 Å². The summed E-state index contributed by atoms with van der Waals surface area (Å²) in [6, 6.07) is 1.93. The van der Waals surface area contributed by atoms with Crippen LogP contribution in [0.4, 0.5) is 4.39 Å². The summed E-state index contributed by atoms with van der Waals surface area (Å²) in [7, 11) is -4.06. The summed E-state index contributed by atoms with van der Waals surface area (Å²) < 4.78 is 36.7. The topological polar surface area (TPSA) is 80.5 Å². The number of nitrogens with zero attached hydrogens (tertiary/aromatic N) is 1. The van der Waals surface area contributed by atoms with Crippen molar-refractivity contribution in [2.24, 2.45) is 5.14 Å². The minimum Gasteiger partial charge on any atom is -0.339 e. The van der Waals surface area contributed by atoms with Crippen LogP contribution in [0.2, 0.25) is 0 Å². The number of likely N-dealkylation sites (tertiary alicyclic amines) is 1. The highest BCUT2D eigenvalue weighted by Crippen LogP contribution is 2.22. The third kappa shape index (κ3) is 3.59. The Balaban J connectivity index is 2.43. The van der Waals surface area contributed by atoms with Gasteiger partial charge in [0.2, 0.25) is 10.0 Å². The van der Waals surface area contributed by atoms with Gasteiger partial charge in [0.1, 0.15) is 5.82 Å². The molecule has 0 aliphatic carbocycles. The van der Waals surface area contributed by atoms with Crippen LogP contribution >= 0.6 is 0 Å². The zero-order chi connectivity index (χ0) is 15.6. The van der Waals surface area contributed by atoms with Gasteiger partial charge in [0.25, 0.3) is 5.91 Å². The Kier molecular flexibility index (Phi) is 4.63. The first-order valence-corrected chi connectivity index (χ1v) is 8.47. The largest absolute Gasteiger partial charge is 0.339 e. The molecule has 0 saturated carbocycles. The molecule has 1 fully saturated rings. The molecule has 0 bridgehead atoms. The second-order valence-corrected chi connectivity index (χ2v) is 6.86. The maximum absolute atomic E-state index is 13.7. The molecule has 2 N–H and O–H groups in total. The summed E-state index contributed by atoms with van der Waals surface area (Å²) in [6.45, 7) is 2.70. The van der Waals surface area contributed by atoms with E-state index in [4.69, 9.17) is 5.14 Å². The maximum atomic E-state index is 13.7. The lowest BCUT2D eigenvalue weighted by molar-refractivity contribution is 0.0760. The fraction of sp³-hybridized carbons (Fsp3) is 0.500. The van der Waals surface area contributed by atoms with Crippen molar-refractivity contribution < 1.29 is 17.6 Å². The number of primary sulfonamides is 1.